The summed E-state index contributed by atoms with van der Waals surface area (Å²) in [6, 6.07) is 0.970. The SMILES string of the molecule is CCC(C)C1CN(C(C)c2c(C)noc2C)CCCN1. The largest absolute Gasteiger partial charge is 0.361 e. The zero-order valence-electron chi connectivity index (χ0n) is 13.6. The molecular formula is C16H29N3O. The van der Waals surface area contributed by atoms with E-state index in [2.05, 4.69) is 36.1 Å². The van der Waals surface area contributed by atoms with Gasteiger partial charge >= 0.3 is 0 Å². The predicted molar refractivity (Wildman–Crippen MR) is 81.8 cm³/mol. The van der Waals surface area contributed by atoms with Crippen LogP contribution in [0.5, 0.6) is 0 Å². The van der Waals surface area contributed by atoms with E-state index in [0.29, 0.717) is 18.0 Å². The number of aromatic nitrogens is 1. The summed E-state index contributed by atoms with van der Waals surface area (Å²) in [5.74, 6) is 1.68. The third-order valence-electron chi connectivity index (χ3n) is 4.84. The molecule has 1 aromatic rings. The molecule has 1 fully saturated rings. The maximum atomic E-state index is 5.34. The third-order valence-corrected chi connectivity index (χ3v) is 4.84. The zero-order valence-corrected chi connectivity index (χ0v) is 13.6. The third kappa shape index (κ3) is 3.23. The molecule has 0 spiro atoms. The van der Waals surface area contributed by atoms with Gasteiger partial charge < -0.3 is 9.84 Å². The average molecular weight is 279 g/mol. The summed E-state index contributed by atoms with van der Waals surface area (Å²) in [6.45, 7) is 14.4. The van der Waals surface area contributed by atoms with Gasteiger partial charge in [0.1, 0.15) is 5.76 Å². The van der Waals surface area contributed by atoms with Gasteiger partial charge in [-0.1, -0.05) is 25.4 Å². The molecule has 1 aliphatic rings. The van der Waals surface area contributed by atoms with E-state index in [1.807, 2.05) is 13.8 Å². The Labute approximate surface area is 122 Å². The van der Waals surface area contributed by atoms with Crippen molar-refractivity contribution in [3.8, 4) is 0 Å². The molecule has 4 heteroatoms. The quantitative estimate of drug-likeness (QED) is 0.919. The summed E-state index contributed by atoms with van der Waals surface area (Å²) < 4.78 is 5.34. The van der Waals surface area contributed by atoms with Crippen LogP contribution in [0.2, 0.25) is 0 Å². The number of nitrogens with one attached hydrogen (secondary N) is 1. The molecule has 2 rings (SSSR count). The lowest BCUT2D eigenvalue weighted by atomic mass is 9.97. The van der Waals surface area contributed by atoms with Gasteiger partial charge in [0.25, 0.3) is 0 Å². The first-order chi connectivity index (χ1) is 9.54. The lowest BCUT2D eigenvalue weighted by Gasteiger charge is -2.32. The van der Waals surface area contributed by atoms with Gasteiger partial charge in [-0.25, -0.2) is 0 Å². The summed E-state index contributed by atoms with van der Waals surface area (Å²) >= 11 is 0. The molecule has 3 atom stereocenters. The highest BCUT2D eigenvalue weighted by Crippen LogP contribution is 2.28. The second-order valence-corrected chi connectivity index (χ2v) is 6.21. The van der Waals surface area contributed by atoms with E-state index in [1.165, 1.54) is 18.4 Å². The molecule has 2 heterocycles. The summed E-state index contributed by atoms with van der Waals surface area (Å²) in [7, 11) is 0. The molecule has 0 amide bonds. The van der Waals surface area contributed by atoms with Crippen molar-refractivity contribution in [3.63, 3.8) is 0 Å². The molecule has 1 aromatic heterocycles. The van der Waals surface area contributed by atoms with Crippen LogP contribution >= 0.6 is 0 Å². The molecule has 4 nitrogen and oxygen atoms in total. The van der Waals surface area contributed by atoms with Gasteiger partial charge in [-0.2, -0.15) is 0 Å². The summed E-state index contributed by atoms with van der Waals surface area (Å²) in [5.41, 5.74) is 2.31. The molecule has 1 saturated heterocycles. The van der Waals surface area contributed by atoms with E-state index in [4.69, 9.17) is 4.52 Å². The number of aryl methyl sites for hydroxylation is 2. The van der Waals surface area contributed by atoms with E-state index in [-0.39, 0.29) is 0 Å². The average Bonchev–Trinajstić information content (AvgIpc) is 2.67. The maximum absolute atomic E-state index is 5.34. The van der Waals surface area contributed by atoms with Crippen molar-refractivity contribution >= 4 is 0 Å². The minimum atomic E-state index is 0.382. The van der Waals surface area contributed by atoms with Gasteiger partial charge in [-0.15, -0.1) is 0 Å². The fraction of sp³-hybridized carbons (Fsp3) is 0.812. The van der Waals surface area contributed by atoms with Crippen LogP contribution in [-0.4, -0.2) is 35.7 Å². The Bertz CT molecular complexity index is 410. The van der Waals surface area contributed by atoms with Crippen molar-refractivity contribution in [2.24, 2.45) is 5.92 Å². The summed E-state index contributed by atoms with van der Waals surface area (Å²) in [4.78, 5) is 2.59. The van der Waals surface area contributed by atoms with Crippen LogP contribution in [0.4, 0.5) is 0 Å². The van der Waals surface area contributed by atoms with E-state index >= 15 is 0 Å². The number of nitrogens with zero attached hydrogens (tertiary/aromatic N) is 2. The van der Waals surface area contributed by atoms with Gasteiger partial charge in [0.2, 0.25) is 0 Å². The number of hydrogen-bond donors (Lipinski definition) is 1. The zero-order chi connectivity index (χ0) is 14.7. The standard InChI is InChI=1S/C16H29N3O/c1-6-11(2)15-10-19(9-7-8-17-15)13(4)16-12(3)18-20-14(16)5/h11,13,15,17H,6-10H2,1-5H3. The highest BCUT2D eigenvalue weighted by atomic mass is 16.5. The van der Waals surface area contributed by atoms with Gasteiger partial charge in [0.05, 0.1) is 5.69 Å². The minimum Gasteiger partial charge on any atom is -0.361 e. The first kappa shape index (κ1) is 15.5. The second-order valence-electron chi connectivity index (χ2n) is 6.21. The van der Waals surface area contributed by atoms with Crippen molar-refractivity contribution in [1.29, 1.82) is 0 Å². The van der Waals surface area contributed by atoms with Crippen LogP contribution in [-0.2, 0) is 0 Å². The van der Waals surface area contributed by atoms with Crippen molar-refractivity contribution in [1.82, 2.24) is 15.4 Å². The summed E-state index contributed by atoms with van der Waals surface area (Å²) in [5, 5.41) is 7.82. The molecule has 0 saturated carbocycles. The number of hydrogen-bond acceptors (Lipinski definition) is 4. The second kappa shape index (κ2) is 6.72. The van der Waals surface area contributed by atoms with E-state index in [9.17, 15) is 0 Å². The van der Waals surface area contributed by atoms with Crippen LogP contribution in [0.3, 0.4) is 0 Å². The van der Waals surface area contributed by atoms with Gasteiger partial charge in [-0.05, 0) is 39.7 Å². The van der Waals surface area contributed by atoms with Crippen LogP contribution in [0.15, 0.2) is 4.52 Å². The topological polar surface area (TPSA) is 41.3 Å². The van der Waals surface area contributed by atoms with Crippen LogP contribution in [0, 0.1) is 19.8 Å². The van der Waals surface area contributed by atoms with E-state index in [0.717, 1.165) is 31.1 Å². The molecule has 3 unspecified atom stereocenters. The van der Waals surface area contributed by atoms with Crippen molar-refractivity contribution in [3.05, 3.63) is 17.0 Å². The van der Waals surface area contributed by atoms with Gasteiger partial charge in [0, 0.05) is 30.7 Å². The molecular weight excluding hydrogens is 250 g/mol. The Kier molecular flexibility index (Phi) is 5.22. The van der Waals surface area contributed by atoms with Crippen LogP contribution < -0.4 is 5.32 Å². The summed E-state index contributed by atoms with van der Waals surface area (Å²) in [6.07, 6.45) is 2.44. The molecule has 0 aromatic carbocycles. The predicted octanol–water partition coefficient (Wildman–Crippen LogP) is 3.06. The van der Waals surface area contributed by atoms with Crippen LogP contribution in [0.1, 0.15) is 56.7 Å². The Morgan fingerprint density at radius 3 is 2.75 bits per heavy atom. The molecule has 1 N–H and O–H groups in total. The molecule has 0 aliphatic carbocycles. The highest BCUT2D eigenvalue weighted by Gasteiger charge is 2.28. The van der Waals surface area contributed by atoms with Crippen LogP contribution in [0.25, 0.3) is 0 Å². The van der Waals surface area contributed by atoms with Crippen molar-refractivity contribution in [2.45, 2.75) is 59.5 Å². The monoisotopic (exact) mass is 279 g/mol. The van der Waals surface area contributed by atoms with E-state index in [1.54, 1.807) is 0 Å². The minimum absolute atomic E-state index is 0.382. The molecule has 0 bridgehead atoms. The van der Waals surface area contributed by atoms with Crippen molar-refractivity contribution in [2.75, 3.05) is 19.6 Å². The van der Waals surface area contributed by atoms with Gasteiger partial charge in [0.15, 0.2) is 0 Å². The molecule has 0 radical (unpaired) electrons. The smallest absolute Gasteiger partial charge is 0.138 e. The lowest BCUT2D eigenvalue weighted by molar-refractivity contribution is 0.186. The Hall–Kier alpha value is -0.870. The molecule has 20 heavy (non-hydrogen) atoms. The first-order valence-electron chi connectivity index (χ1n) is 7.94. The normalized spacial score (nSPS) is 24.4. The maximum Gasteiger partial charge on any atom is 0.138 e. The Morgan fingerprint density at radius 1 is 1.40 bits per heavy atom. The molecule has 114 valence electrons. The Balaban J connectivity index is 2.14. The highest BCUT2D eigenvalue weighted by molar-refractivity contribution is 5.24. The Morgan fingerprint density at radius 2 is 2.15 bits per heavy atom. The van der Waals surface area contributed by atoms with E-state index < -0.39 is 0 Å². The molecule has 1 aliphatic heterocycles. The first-order valence-corrected chi connectivity index (χ1v) is 7.94. The van der Waals surface area contributed by atoms with Crippen molar-refractivity contribution < 1.29 is 4.52 Å². The van der Waals surface area contributed by atoms with Gasteiger partial charge in [-0.3, -0.25) is 4.90 Å². The fourth-order valence-corrected chi connectivity index (χ4v) is 3.26. The fourth-order valence-electron chi connectivity index (χ4n) is 3.26. The lowest BCUT2D eigenvalue weighted by Crippen LogP contribution is -2.42. The number of rotatable bonds is 4.